The largest absolute Gasteiger partial charge is 0.360 e. The first-order valence-electron chi connectivity index (χ1n) is 5.25. The number of thioether (sulfide) groups is 1. The Kier molecular flexibility index (Phi) is 3.49. The zero-order chi connectivity index (χ0) is 12.4. The lowest BCUT2D eigenvalue weighted by Crippen LogP contribution is -2.31. The van der Waals surface area contributed by atoms with Crippen molar-refractivity contribution < 1.29 is 14.1 Å². The van der Waals surface area contributed by atoms with Gasteiger partial charge < -0.3 is 10.3 Å². The summed E-state index contributed by atoms with van der Waals surface area (Å²) in [7, 11) is 0. The van der Waals surface area contributed by atoms with Crippen LogP contribution in [0, 0.1) is 6.92 Å². The summed E-state index contributed by atoms with van der Waals surface area (Å²) in [5.74, 6) is 1.03. The molecule has 6 nitrogen and oxygen atoms in total. The summed E-state index contributed by atoms with van der Waals surface area (Å²) in [6.07, 6.45) is 0.204. The molecule has 1 aromatic rings. The molecule has 0 aromatic carbocycles. The molecular formula is C10H13N3O3S. The van der Waals surface area contributed by atoms with Crippen molar-refractivity contribution in [3.63, 3.8) is 0 Å². The molecular weight excluding hydrogens is 242 g/mol. The van der Waals surface area contributed by atoms with Crippen molar-refractivity contribution in [2.24, 2.45) is 5.73 Å². The summed E-state index contributed by atoms with van der Waals surface area (Å²) in [5, 5.41) is 3.34. The van der Waals surface area contributed by atoms with Crippen LogP contribution < -0.4 is 10.6 Å². The van der Waals surface area contributed by atoms with Crippen LogP contribution in [0.5, 0.6) is 0 Å². The number of carbonyl (C=O) groups excluding carboxylic acids is 2. The Bertz CT molecular complexity index is 446. The van der Waals surface area contributed by atoms with Crippen molar-refractivity contribution in [3.05, 3.63) is 11.8 Å². The lowest BCUT2D eigenvalue weighted by molar-refractivity contribution is -0.121. The van der Waals surface area contributed by atoms with E-state index in [1.807, 2.05) is 0 Å². The number of amides is 2. The first-order valence-corrected chi connectivity index (χ1v) is 6.30. The molecule has 1 unspecified atom stereocenters. The van der Waals surface area contributed by atoms with Gasteiger partial charge in [0.25, 0.3) is 0 Å². The minimum atomic E-state index is -0.344. The third-order valence-corrected chi connectivity index (χ3v) is 3.63. The van der Waals surface area contributed by atoms with E-state index in [0.717, 1.165) is 4.90 Å². The molecule has 2 amide bonds. The van der Waals surface area contributed by atoms with Gasteiger partial charge in [-0.05, 0) is 6.92 Å². The van der Waals surface area contributed by atoms with E-state index < -0.39 is 0 Å². The number of hydrogen-bond donors (Lipinski definition) is 1. The van der Waals surface area contributed by atoms with Gasteiger partial charge in [-0.2, -0.15) is 0 Å². The first-order chi connectivity index (χ1) is 8.13. The molecule has 2 rings (SSSR count). The Morgan fingerprint density at radius 2 is 2.41 bits per heavy atom. The van der Waals surface area contributed by atoms with Gasteiger partial charge in [0, 0.05) is 24.8 Å². The number of aryl methyl sites for hydroxylation is 1. The first kappa shape index (κ1) is 12.1. The zero-order valence-corrected chi connectivity index (χ0v) is 10.2. The van der Waals surface area contributed by atoms with Crippen molar-refractivity contribution in [2.45, 2.75) is 18.6 Å². The average molecular weight is 255 g/mol. The standard InChI is InChI=1S/C10H13N3O3S/c1-6-4-8(12-16-6)13-9(14)5-7(10(13)15)17-3-2-11/h4,7H,2-3,5,11H2,1H3. The van der Waals surface area contributed by atoms with E-state index in [4.69, 9.17) is 10.3 Å². The second kappa shape index (κ2) is 4.89. The van der Waals surface area contributed by atoms with Crippen molar-refractivity contribution in [1.82, 2.24) is 5.16 Å². The number of nitrogens with zero attached hydrogens (tertiary/aromatic N) is 2. The van der Waals surface area contributed by atoms with Crippen molar-refractivity contribution >= 4 is 29.4 Å². The average Bonchev–Trinajstić information content (AvgIpc) is 2.81. The van der Waals surface area contributed by atoms with Crippen LogP contribution in [0.15, 0.2) is 10.6 Å². The van der Waals surface area contributed by atoms with E-state index in [2.05, 4.69) is 5.16 Å². The van der Waals surface area contributed by atoms with Gasteiger partial charge in [0.05, 0.1) is 5.25 Å². The topological polar surface area (TPSA) is 89.4 Å². The maximum absolute atomic E-state index is 12.0. The molecule has 17 heavy (non-hydrogen) atoms. The summed E-state index contributed by atoms with van der Waals surface area (Å²) in [4.78, 5) is 24.8. The predicted molar refractivity (Wildman–Crippen MR) is 63.7 cm³/mol. The maximum atomic E-state index is 12.0. The normalized spacial score (nSPS) is 20.4. The number of anilines is 1. The number of imide groups is 1. The zero-order valence-electron chi connectivity index (χ0n) is 9.38. The van der Waals surface area contributed by atoms with Crippen LogP contribution in [-0.2, 0) is 9.59 Å². The third-order valence-electron chi connectivity index (χ3n) is 2.39. The van der Waals surface area contributed by atoms with Crippen LogP contribution in [-0.4, -0.2) is 34.5 Å². The molecule has 92 valence electrons. The molecule has 2 N–H and O–H groups in total. The molecule has 7 heteroatoms. The van der Waals surface area contributed by atoms with E-state index >= 15 is 0 Å². The van der Waals surface area contributed by atoms with Gasteiger partial charge in [-0.3, -0.25) is 9.59 Å². The van der Waals surface area contributed by atoms with Crippen LogP contribution in [0.4, 0.5) is 5.82 Å². The third kappa shape index (κ3) is 2.34. The highest BCUT2D eigenvalue weighted by Gasteiger charge is 2.40. The fraction of sp³-hybridized carbons (Fsp3) is 0.500. The van der Waals surface area contributed by atoms with Gasteiger partial charge in [-0.1, -0.05) is 5.16 Å². The molecule has 0 radical (unpaired) electrons. The molecule has 2 heterocycles. The number of aromatic nitrogens is 1. The summed E-state index contributed by atoms with van der Waals surface area (Å²) < 4.78 is 4.87. The minimum absolute atomic E-state index is 0.204. The molecule has 0 saturated carbocycles. The van der Waals surface area contributed by atoms with E-state index in [1.54, 1.807) is 13.0 Å². The molecule has 0 spiro atoms. The molecule has 1 saturated heterocycles. The van der Waals surface area contributed by atoms with Crippen LogP contribution in [0.25, 0.3) is 0 Å². The fourth-order valence-electron chi connectivity index (χ4n) is 1.64. The lowest BCUT2D eigenvalue weighted by atomic mass is 10.4. The summed E-state index contributed by atoms with van der Waals surface area (Å²) >= 11 is 1.41. The number of carbonyl (C=O) groups is 2. The molecule has 1 atom stereocenters. The van der Waals surface area contributed by atoms with Gasteiger partial charge in [0.1, 0.15) is 5.76 Å². The van der Waals surface area contributed by atoms with Crippen LogP contribution in [0.2, 0.25) is 0 Å². The molecule has 0 bridgehead atoms. The van der Waals surface area contributed by atoms with E-state index in [9.17, 15) is 9.59 Å². The van der Waals surface area contributed by atoms with Gasteiger partial charge in [-0.25, -0.2) is 4.90 Å². The fourth-order valence-corrected chi connectivity index (χ4v) is 2.57. The van der Waals surface area contributed by atoms with Crippen molar-refractivity contribution in [1.29, 1.82) is 0 Å². The monoisotopic (exact) mass is 255 g/mol. The second-order valence-corrected chi connectivity index (χ2v) is 5.03. The molecule has 1 aliphatic rings. The van der Waals surface area contributed by atoms with Crippen molar-refractivity contribution in [2.75, 3.05) is 17.2 Å². The lowest BCUT2D eigenvalue weighted by Gasteiger charge is -2.10. The minimum Gasteiger partial charge on any atom is -0.360 e. The van der Waals surface area contributed by atoms with Gasteiger partial charge in [-0.15, -0.1) is 11.8 Å². The van der Waals surface area contributed by atoms with Crippen LogP contribution >= 0.6 is 11.8 Å². The predicted octanol–water partition coefficient (Wildman–Crippen LogP) is 0.307. The Morgan fingerprint density at radius 3 is 3.00 bits per heavy atom. The van der Waals surface area contributed by atoms with Gasteiger partial charge >= 0.3 is 0 Å². The van der Waals surface area contributed by atoms with Crippen LogP contribution in [0.3, 0.4) is 0 Å². The Labute approximate surface area is 102 Å². The summed E-state index contributed by atoms with van der Waals surface area (Å²) in [5.41, 5.74) is 5.38. The SMILES string of the molecule is Cc1cc(N2C(=O)CC(SCCN)C2=O)no1. The van der Waals surface area contributed by atoms with Crippen LogP contribution in [0.1, 0.15) is 12.2 Å². The number of rotatable bonds is 4. The summed E-state index contributed by atoms with van der Waals surface area (Å²) in [6.45, 7) is 2.20. The summed E-state index contributed by atoms with van der Waals surface area (Å²) in [6, 6.07) is 1.58. The highest BCUT2D eigenvalue weighted by molar-refractivity contribution is 8.00. The van der Waals surface area contributed by atoms with E-state index in [-0.39, 0.29) is 29.3 Å². The molecule has 1 fully saturated rings. The smallest absolute Gasteiger partial charge is 0.248 e. The Morgan fingerprint density at radius 1 is 1.65 bits per heavy atom. The molecule has 1 aromatic heterocycles. The van der Waals surface area contributed by atoms with Gasteiger partial charge in [0.15, 0.2) is 5.82 Å². The Balaban J connectivity index is 2.14. The quantitative estimate of drug-likeness (QED) is 0.779. The molecule has 0 aliphatic carbocycles. The van der Waals surface area contributed by atoms with E-state index in [0.29, 0.717) is 18.1 Å². The van der Waals surface area contributed by atoms with Gasteiger partial charge in [0.2, 0.25) is 11.8 Å². The number of nitrogens with two attached hydrogens (primary N) is 1. The highest BCUT2D eigenvalue weighted by Crippen LogP contribution is 2.28. The Hall–Kier alpha value is -1.34. The number of hydrogen-bond acceptors (Lipinski definition) is 6. The molecule has 1 aliphatic heterocycles. The van der Waals surface area contributed by atoms with E-state index in [1.165, 1.54) is 11.8 Å². The second-order valence-electron chi connectivity index (χ2n) is 3.72. The van der Waals surface area contributed by atoms with Crippen molar-refractivity contribution in [3.8, 4) is 0 Å². The maximum Gasteiger partial charge on any atom is 0.248 e. The highest BCUT2D eigenvalue weighted by atomic mass is 32.2.